The van der Waals surface area contributed by atoms with Crippen molar-refractivity contribution < 1.29 is 14.0 Å². The van der Waals surface area contributed by atoms with Gasteiger partial charge in [0, 0.05) is 19.5 Å². The third-order valence-corrected chi connectivity index (χ3v) is 3.23. The molecule has 1 aromatic heterocycles. The van der Waals surface area contributed by atoms with Crippen LogP contribution in [0.1, 0.15) is 28.1 Å². The Labute approximate surface area is 128 Å². The number of nitrogens with zero attached hydrogens (tertiary/aromatic N) is 1. The summed E-state index contributed by atoms with van der Waals surface area (Å²) in [5.74, 6) is -0.118. The van der Waals surface area contributed by atoms with Crippen molar-refractivity contribution in [1.29, 1.82) is 0 Å². The highest BCUT2D eigenvalue weighted by Crippen LogP contribution is 2.13. The number of hydrogen-bond acceptors (Lipinski definition) is 4. The Bertz CT molecular complexity index is 637. The number of primary amides is 1. The van der Waals surface area contributed by atoms with Crippen LogP contribution in [0.25, 0.3) is 0 Å². The molecule has 4 N–H and O–H groups in total. The lowest BCUT2D eigenvalue weighted by Crippen LogP contribution is -2.33. The van der Waals surface area contributed by atoms with Crippen LogP contribution < -0.4 is 11.5 Å². The van der Waals surface area contributed by atoms with E-state index in [2.05, 4.69) is 0 Å². The number of amides is 2. The molecule has 6 heteroatoms. The maximum atomic E-state index is 12.6. The molecule has 1 heterocycles. The van der Waals surface area contributed by atoms with E-state index < -0.39 is 5.91 Å². The molecule has 0 saturated heterocycles. The second-order valence-electron chi connectivity index (χ2n) is 4.93. The Hall–Kier alpha value is -2.60. The highest BCUT2D eigenvalue weighted by molar-refractivity contribution is 5.94. The first-order valence-electron chi connectivity index (χ1n) is 6.99. The van der Waals surface area contributed by atoms with Crippen molar-refractivity contribution in [2.24, 2.45) is 11.5 Å². The minimum atomic E-state index is -0.444. The smallest absolute Gasteiger partial charge is 0.257 e. The minimum absolute atomic E-state index is 0.111. The summed E-state index contributed by atoms with van der Waals surface area (Å²) in [5, 5.41) is 0. The van der Waals surface area contributed by atoms with Crippen LogP contribution >= 0.6 is 0 Å². The lowest BCUT2D eigenvalue weighted by Gasteiger charge is -2.21. The standard InChI is InChI=1S/C16H19N3O3/c17-9-14-8-13(11-22-14)16(21)19(7-6-15(18)20)10-12-4-2-1-3-5-12/h1-5,8,11H,6-7,9-10,17H2,(H2,18,20). The van der Waals surface area contributed by atoms with Crippen molar-refractivity contribution >= 4 is 11.8 Å². The van der Waals surface area contributed by atoms with Crippen molar-refractivity contribution in [1.82, 2.24) is 4.90 Å². The quantitative estimate of drug-likeness (QED) is 0.803. The van der Waals surface area contributed by atoms with Crippen LogP contribution in [0.4, 0.5) is 0 Å². The molecule has 0 saturated carbocycles. The van der Waals surface area contributed by atoms with E-state index in [9.17, 15) is 9.59 Å². The highest BCUT2D eigenvalue weighted by Gasteiger charge is 2.19. The number of benzene rings is 1. The molecule has 0 fully saturated rings. The molecular weight excluding hydrogens is 282 g/mol. The Morgan fingerprint density at radius 1 is 1.18 bits per heavy atom. The molecule has 0 aliphatic heterocycles. The topological polar surface area (TPSA) is 103 Å². The summed E-state index contributed by atoms with van der Waals surface area (Å²) < 4.78 is 5.20. The van der Waals surface area contributed by atoms with E-state index in [-0.39, 0.29) is 25.4 Å². The van der Waals surface area contributed by atoms with Gasteiger partial charge in [-0.25, -0.2) is 0 Å². The van der Waals surface area contributed by atoms with E-state index in [4.69, 9.17) is 15.9 Å². The summed E-state index contributed by atoms with van der Waals surface area (Å²) in [6, 6.07) is 11.2. The zero-order chi connectivity index (χ0) is 15.9. The Kier molecular flexibility index (Phi) is 5.32. The van der Waals surface area contributed by atoms with E-state index in [1.807, 2.05) is 30.3 Å². The van der Waals surface area contributed by atoms with Gasteiger partial charge in [-0.15, -0.1) is 0 Å². The van der Waals surface area contributed by atoms with Crippen molar-refractivity contribution in [3.05, 3.63) is 59.5 Å². The number of carbonyl (C=O) groups excluding carboxylic acids is 2. The molecule has 0 aliphatic carbocycles. The Morgan fingerprint density at radius 3 is 2.50 bits per heavy atom. The average molecular weight is 301 g/mol. The second-order valence-corrected chi connectivity index (χ2v) is 4.93. The molecule has 0 unspecified atom stereocenters. The maximum absolute atomic E-state index is 12.6. The molecule has 0 radical (unpaired) electrons. The third-order valence-electron chi connectivity index (χ3n) is 3.23. The average Bonchev–Trinajstić information content (AvgIpc) is 3.00. The fraction of sp³-hybridized carbons (Fsp3) is 0.250. The summed E-state index contributed by atoms with van der Waals surface area (Å²) in [4.78, 5) is 25.2. The first-order chi connectivity index (χ1) is 10.6. The summed E-state index contributed by atoms with van der Waals surface area (Å²) in [5.41, 5.74) is 12.1. The zero-order valence-electron chi connectivity index (χ0n) is 12.2. The molecule has 2 rings (SSSR count). The normalized spacial score (nSPS) is 10.4. The van der Waals surface area contributed by atoms with E-state index in [1.54, 1.807) is 11.0 Å². The lowest BCUT2D eigenvalue weighted by atomic mass is 10.2. The monoisotopic (exact) mass is 301 g/mol. The number of rotatable bonds is 7. The number of hydrogen-bond donors (Lipinski definition) is 2. The highest BCUT2D eigenvalue weighted by atomic mass is 16.3. The van der Waals surface area contributed by atoms with Crippen molar-refractivity contribution in [2.45, 2.75) is 19.5 Å². The first kappa shape index (κ1) is 15.8. The predicted molar refractivity (Wildman–Crippen MR) is 81.6 cm³/mol. The van der Waals surface area contributed by atoms with E-state index in [1.165, 1.54) is 6.26 Å². The number of nitrogens with two attached hydrogens (primary N) is 2. The fourth-order valence-electron chi connectivity index (χ4n) is 2.08. The lowest BCUT2D eigenvalue weighted by molar-refractivity contribution is -0.118. The molecular formula is C16H19N3O3. The SMILES string of the molecule is NCc1cc(C(=O)N(CCC(N)=O)Cc2ccccc2)co1. The van der Waals surface area contributed by atoms with Crippen LogP contribution in [0.2, 0.25) is 0 Å². The van der Waals surface area contributed by atoms with Crippen LogP contribution in [-0.4, -0.2) is 23.3 Å². The van der Waals surface area contributed by atoms with Gasteiger partial charge in [0.1, 0.15) is 12.0 Å². The van der Waals surface area contributed by atoms with E-state index in [0.717, 1.165) is 5.56 Å². The largest absolute Gasteiger partial charge is 0.467 e. The van der Waals surface area contributed by atoms with Gasteiger partial charge in [-0.05, 0) is 11.6 Å². The molecule has 0 bridgehead atoms. The summed E-state index contributed by atoms with van der Waals surface area (Å²) >= 11 is 0. The summed E-state index contributed by atoms with van der Waals surface area (Å²) in [7, 11) is 0. The van der Waals surface area contributed by atoms with Crippen molar-refractivity contribution in [2.75, 3.05) is 6.54 Å². The molecule has 0 aliphatic rings. The van der Waals surface area contributed by atoms with Gasteiger partial charge < -0.3 is 20.8 Å². The predicted octanol–water partition coefficient (Wildman–Crippen LogP) is 1.26. The summed E-state index contributed by atoms with van der Waals surface area (Å²) in [6.45, 7) is 0.884. The zero-order valence-corrected chi connectivity index (χ0v) is 12.2. The van der Waals surface area contributed by atoms with Crippen LogP contribution in [0.15, 0.2) is 47.1 Å². The van der Waals surface area contributed by atoms with Crippen LogP contribution in [-0.2, 0) is 17.9 Å². The first-order valence-corrected chi connectivity index (χ1v) is 6.99. The van der Waals surface area contributed by atoms with Gasteiger partial charge in [0.15, 0.2) is 0 Å². The van der Waals surface area contributed by atoms with Crippen LogP contribution in [0.3, 0.4) is 0 Å². The van der Waals surface area contributed by atoms with Gasteiger partial charge >= 0.3 is 0 Å². The van der Waals surface area contributed by atoms with Crippen molar-refractivity contribution in [3.8, 4) is 0 Å². The van der Waals surface area contributed by atoms with Crippen LogP contribution in [0.5, 0.6) is 0 Å². The van der Waals surface area contributed by atoms with Crippen molar-refractivity contribution in [3.63, 3.8) is 0 Å². The molecule has 0 atom stereocenters. The van der Waals surface area contributed by atoms with E-state index in [0.29, 0.717) is 17.9 Å². The van der Waals surface area contributed by atoms with Gasteiger partial charge in [-0.2, -0.15) is 0 Å². The molecule has 2 aromatic rings. The van der Waals surface area contributed by atoms with Gasteiger partial charge in [-0.1, -0.05) is 30.3 Å². The van der Waals surface area contributed by atoms with Gasteiger partial charge in [0.05, 0.1) is 12.1 Å². The minimum Gasteiger partial charge on any atom is -0.467 e. The molecule has 6 nitrogen and oxygen atoms in total. The molecule has 1 aromatic carbocycles. The van der Waals surface area contributed by atoms with E-state index >= 15 is 0 Å². The van der Waals surface area contributed by atoms with Gasteiger partial charge in [0.2, 0.25) is 5.91 Å². The number of furan rings is 1. The van der Waals surface area contributed by atoms with Crippen LogP contribution in [0, 0.1) is 0 Å². The molecule has 0 spiro atoms. The second kappa shape index (κ2) is 7.42. The molecule has 2 amide bonds. The van der Waals surface area contributed by atoms with Gasteiger partial charge in [-0.3, -0.25) is 9.59 Å². The Balaban J connectivity index is 2.15. The Morgan fingerprint density at radius 2 is 1.91 bits per heavy atom. The molecule has 116 valence electrons. The van der Waals surface area contributed by atoms with Gasteiger partial charge in [0.25, 0.3) is 5.91 Å². The third kappa shape index (κ3) is 4.20. The molecule has 22 heavy (non-hydrogen) atoms. The maximum Gasteiger partial charge on any atom is 0.257 e. The number of carbonyl (C=O) groups is 2. The summed E-state index contributed by atoms with van der Waals surface area (Å²) in [6.07, 6.45) is 1.49. The fourth-order valence-corrected chi connectivity index (χ4v) is 2.08.